The maximum atomic E-state index is 12.3. The Balaban J connectivity index is 2.45. The van der Waals surface area contributed by atoms with Gasteiger partial charge >= 0.3 is 11.9 Å². The lowest BCUT2D eigenvalue weighted by molar-refractivity contribution is -0.147. The van der Waals surface area contributed by atoms with Gasteiger partial charge in [0.2, 0.25) is 0 Å². The number of ether oxygens (including phenoxy) is 2. The topological polar surface area (TPSA) is 93.1 Å². The molecule has 0 saturated carbocycles. The van der Waals surface area contributed by atoms with Gasteiger partial charge in [-0.2, -0.15) is 0 Å². The summed E-state index contributed by atoms with van der Waals surface area (Å²) in [5.41, 5.74) is 1.95. The molecule has 0 radical (unpaired) electrons. The molecule has 1 saturated heterocycles. The van der Waals surface area contributed by atoms with E-state index in [2.05, 4.69) is 6.58 Å². The second kappa shape index (κ2) is 8.47. The van der Waals surface area contributed by atoms with Gasteiger partial charge < -0.3 is 19.7 Å². The Kier molecular flexibility index (Phi) is 6.56. The predicted octanol–water partition coefficient (Wildman–Crippen LogP) is 1.98. The van der Waals surface area contributed by atoms with Crippen LogP contribution in [-0.4, -0.2) is 47.1 Å². The van der Waals surface area contributed by atoms with Gasteiger partial charge in [0.15, 0.2) is 0 Å². The second-order valence-corrected chi connectivity index (χ2v) is 6.72. The highest BCUT2D eigenvalue weighted by Gasteiger charge is 2.44. The molecule has 4 atom stereocenters. The summed E-state index contributed by atoms with van der Waals surface area (Å²) >= 11 is 0. The molecular formula is C20H26O6. The number of esters is 2. The minimum atomic E-state index is -0.742. The van der Waals surface area contributed by atoms with Crippen LogP contribution in [0.2, 0.25) is 0 Å². The Morgan fingerprint density at radius 3 is 2.81 bits per heavy atom. The zero-order valence-corrected chi connectivity index (χ0v) is 15.4. The lowest BCUT2D eigenvalue weighted by Gasteiger charge is -2.28. The smallest absolute Gasteiger partial charge is 0.334 e. The third kappa shape index (κ3) is 4.31. The summed E-state index contributed by atoms with van der Waals surface area (Å²) in [5.74, 6) is -1.61. The third-order valence-corrected chi connectivity index (χ3v) is 4.92. The molecule has 0 aromatic carbocycles. The van der Waals surface area contributed by atoms with E-state index < -0.39 is 36.2 Å². The second-order valence-electron chi connectivity index (χ2n) is 6.72. The fraction of sp³-hybridized carbons (Fsp3) is 0.500. The molecule has 142 valence electrons. The number of aliphatic hydroxyl groups is 2. The standard InChI is InChI=1S/C20H26O6/c1-5-11(2)19(23)25-17-9-14(10-21)6-7-15(22)12(3)8-16-18(17)13(4)20(24)26-16/h5-6,8,15-18,21-22H,4,7,9-10H2,1-3H3/b11-5+,12-8+,14-6+/t15-,16-,17-,18-/m0/s1. The predicted molar refractivity (Wildman–Crippen MR) is 96.0 cm³/mol. The summed E-state index contributed by atoms with van der Waals surface area (Å²) in [7, 11) is 0. The highest BCUT2D eigenvalue weighted by atomic mass is 16.6. The average Bonchev–Trinajstić information content (AvgIpc) is 2.89. The van der Waals surface area contributed by atoms with Crippen molar-refractivity contribution in [2.75, 3.05) is 6.61 Å². The van der Waals surface area contributed by atoms with Crippen LogP contribution in [0.25, 0.3) is 0 Å². The Morgan fingerprint density at radius 1 is 1.50 bits per heavy atom. The quantitative estimate of drug-likeness (QED) is 0.453. The van der Waals surface area contributed by atoms with Gasteiger partial charge in [0.25, 0.3) is 0 Å². The van der Waals surface area contributed by atoms with Gasteiger partial charge in [-0.15, -0.1) is 0 Å². The molecule has 0 spiro atoms. The largest absolute Gasteiger partial charge is 0.458 e. The van der Waals surface area contributed by atoms with Gasteiger partial charge in [-0.1, -0.05) is 18.7 Å². The zero-order chi connectivity index (χ0) is 19.4. The molecule has 2 rings (SSSR count). The van der Waals surface area contributed by atoms with Crippen LogP contribution < -0.4 is 0 Å². The van der Waals surface area contributed by atoms with Crippen LogP contribution in [0.1, 0.15) is 33.6 Å². The van der Waals surface area contributed by atoms with Crippen molar-refractivity contribution >= 4 is 11.9 Å². The molecule has 2 N–H and O–H groups in total. The van der Waals surface area contributed by atoms with Gasteiger partial charge in [-0.25, -0.2) is 9.59 Å². The van der Waals surface area contributed by atoms with Gasteiger partial charge in [0.05, 0.1) is 18.6 Å². The molecule has 26 heavy (non-hydrogen) atoms. The molecule has 1 fully saturated rings. The van der Waals surface area contributed by atoms with Crippen LogP contribution in [0, 0.1) is 5.92 Å². The van der Waals surface area contributed by atoms with E-state index in [9.17, 15) is 19.8 Å². The van der Waals surface area contributed by atoms with Crippen LogP contribution >= 0.6 is 0 Å². The molecule has 0 amide bonds. The van der Waals surface area contributed by atoms with E-state index >= 15 is 0 Å². The van der Waals surface area contributed by atoms with Crippen molar-refractivity contribution in [3.8, 4) is 0 Å². The first-order valence-corrected chi connectivity index (χ1v) is 8.67. The number of allylic oxidation sites excluding steroid dienone is 1. The number of hydrogen-bond acceptors (Lipinski definition) is 6. The average molecular weight is 362 g/mol. The number of carbonyl (C=O) groups is 2. The van der Waals surface area contributed by atoms with E-state index in [0.717, 1.165) is 0 Å². The van der Waals surface area contributed by atoms with Gasteiger partial charge in [0, 0.05) is 17.6 Å². The number of aliphatic hydroxyl groups excluding tert-OH is 2. The Morgan fingerprint density at radius 2 is 2.19 bits per heavy atom. The van der Waals surface area contributed by atoms with Gasteiger partial charge in [-0.05, 0) is 44.4 Å². The Labute approximate surface area is 153 Å². The minimum Gasteiger partial charge on any atom is -0.458 e. The highest BCUT2D eigenvalue weighted by Crippen LogP contribution is 2.36. The number of rotatable bonds is 3. The molecule has 2 aliphatic rings. The molecular weight excluding hydrogens is 336 g/mol. The van der Waals surface area contributed by atoms with Crippen molar-refractivity contribution in [2.45, 2.75) is 51.9 Å². The van der Waals surface area contributed by atoms with Crippen molar-refractivity contribution in [3.63, 3.8) is 0 Å². The molecule has 1 aliphatic carbocycles. The van der Waals surface area contributed by atoms with Crippen LogP contribution in [0.5, 0.6) is 0 Å². The number of fused-ring (bicyclic) bond motifs is 1. The van der Waals surface area contributed by atoms with Crippen LogP contribution in [0.3, 0.4) is 0 Å². The van der Waals surface area contributed by atoms with Gasteiger partial charge in [0.1, 0.15) is 12.2 Å². The summed E-state index contributed by atoms with van der Waals surface area (Å²) < 4.78 is 11.0. The Hall–Kier alpha value is -2.18. The van der Waals surface area contributed by atoms with Crippen LogP contribution in [0.15, 0.2) is 47.1 Å². The SMILES string of the molecule is C=C1C(=O)O[C@H]2/C=C(\C)[C@@H](O)C/C=C(/CO)C[C@H](OC(=O)/C(C)=C/C)[C@@H]12. The fourth-order valence-electron chi connectivity index (χ4n) is 3.08. The van der Waals surface area contributed by atoms with Crippen molar-refractivity contribution in [2.24, 2.45) is 5.92 Å². The molecule has 0 unspecified atom stereocenters. The van der Waals surface area contributed by atoms with E-state index in [1.165, 1.54) is 0 Å². The maximum absolute atomic E-state index is 12.3. The van der Waals surface area contributed by atoms with Crippen molar-refractivity contribution < 1.29 is 29.3 Å². The monoisotopic (exact) mass is 362 g/mol. The summed E-state index contributed by atoms with van der Waals surface area (Å²) in [6.45, 7) is 8.71. The van der Waals surface area contributed by atoms with E-state index in [1.54, 1.807) is 39.0 Å². The van der Waals surface area contributed by atoms with E-state index in [0.29, 0.717) is 23.1 Å². The molecule has 1 heterocycles. The molecule has 1 aliphatic heterocycles. The highest BCUT2D eigenvalue weighted by molar-refractivity contribution is 5.92. The van der Waals surface area contributed by atoms with Crippen molar-refractivity contribution in [1.82, 2.24) is 0 Å². The third-order valence-electron chi connectivity index (χ3n) is 4.92. The lowest BCUT2D eigenvalue weighted by Crippen LogP contribution is -2.34. The van der Waals surface area contributed by atoms with E-state index in [4.69, 9.17) is 9.47 Å². The molecule has 0 bridgehead atoms. The normalized spacial score (nSPS) is 34.1. The molecule has 6 heteroatoms. The van der Waals surface area contributed by atoms with Crippen molar-refractivity contribution in [1.29, 1.82) is 0 Å². The Bertz CT molecular complexity index is 684. The molecule has 0 aromatic rings. The first-order valence-electron chi connectivity index (χ1n) is 8.67. The zero-order valence-electron chi connectivity index (χ0n) is 15.4. The van der Waals surface area contributed by atoms with Gasteiger partial charge in [-0.3, -0.25) is 0 Å². The first kappa shape index (κ1) is 20.1. The summed E-state index contributed by atoms with van der Waals surface area (Å²) in [5, 5.41) is 19.9. The molecule has 0 aromatic heterocycles. The first-order chi connectivity index (χ1) is 12.3. The maximum Gasteiger partial charge on any atom is 0.334 e. The van der Waals surface area contributed by atoms with Crippen molar-refractivity contribution in [3.05, 3.63) is 47.1 Å². The fourth-order valence-corrected chi connectivity index (χ4v) is 3.08. The van der Waals surface area contributed by atoms with Crippen LogP contribution in [0.4, 0.5) is 0 Å². The summed E-state index contributed by atoms with van der Waals surface area (Å²) in [4.78, 5) is 24.4. The van der Waals surface area contributed by atoms with E-state index in [1.807, 2.05) is 0 Å². The van der Waals surface area contributed by atoms with Crippen LogP contribution in [-0.2, 0) is 19.1 Å². The summed E-state index contributed by atoms with van der Waals surface area (Å²) in [6.07, 6.45) is 3.50. The minimum absolute atomic E-state index is 0.224. The number of hydrogen-bond donors (Lipinski definition) is 2. The molecule has 6 nitrogen and oxygen atoms in total. The lowest BCUT2D eigenvalue weighted by atomic mass is 9.85. The summed E-state index contributed by atoms with van der Waals surface area (Å²) in [6, 6.07) is 0. The number of carbonyl (C=O) groups excluding carboxylic acids is 2. The van der Waals surface area contributed by atoms with E-state index in [-0.39, 0.29) is 18.6 Å².